The van der Waals surface area contributed by atoms with Crippen LogP contribution >= 0.6 is 11.6 Å². The zero-order chi connectivity index (χ0) is 13.0. The highest BCUT2D eigenvalue weighted by Crippen LogP contribution is 2.18. The van der Waals surface area contributed by atoms with Crippen LogP contribution < -0.4 is 10.5 Å². The molecular weight excluding hydrogens is 248 g/mol. The van der Waals surface area contributed by atoms with E-state index in [2.05, 4.69) is 0 Å². The molecule has 3 N–H and O–H groups in total. The Kier molecular flexibility index (Phi) is 3.85. The molecule has 92 valence electrons. The van der Waals surface area contributed by atoms with E-state index in [0.717, 1.165) is 11.3 Å². The van der Waals surface area contributed by atoms with E-state index < -0.39 is 0 Å². The number of benzene rings is 2. The lowest BCUT2D eigenvalue weighted by Gasteiger charge is -2.08. The minimum absolute atomic E-state index is 0.0488. The van der Waals surface area contributed by atoms with Gasteiger partial charge in [-0.3, -0.25) is 5.41 Å². The minimum atomic E-state index is 0.0488. The Bertz CT molecular complexity index is 552. The van der Waals surface area contributed by atoms with Crippen molar-refractivity contribution >= 4 is 17.4 Å². The van der Waals surface area contributed by atoms with Gasteiger partial charge in [-0.2, -0.15) is 0 Å². The van der Waals surface area contributed by atoms with Crippen molar-refractivity contribution in [2.75, 3.05) is 0 Å². The lowest BCUT2D eigenvalue weighted by atomic mass is 10.2. The molecule has 0 aromatic heterocycles. The molecular formula is C14H13ClN2O. The first-order valence-electron chi connectivity index (χ1n) is 5.47. The zero-order valence-electron chi connectivity index (χ0n) is 9.69. The van der Waals surface area contributed by atoms with E-state index in [0.29, 0.717) is 17.2 Å². The second-order valence-corrected chi connectivity index (χ2v) is 4.23. The van der Waals surface area contributed by atoms with Crippen molar-refractivity contribution in [2.45, 2.75) is 6.61 Å². The molecule has 0 fully saturated rings. The number of rotatable bonds is 4. The van der Waals surface area contributed by atoms with E-state index in [1.54, 1.807) is 24.3 Å². The fourth-order valence-corrected chi connectivity index (χ4v) is 1.70. The Morgan fingerprint density at radius 3 is 2.39 bits per heavy atom. The van der Waals surface area contributed by atoms with Crippen molar-refractivity contribution in [3.63, 3.8) is 0 Å². The SMILES string of the molecule is N=C(N)c1ccc(OCc2ccccc2Cl)cc1. The molecule has 0 radical (unpaired) electrons. The van der Waals surface area contributed by atoms with Crippen LogP contribution in [0.1, 0.15) is 11.1 Å². The summed E-state index contributed by atoms with van der Waals surface area (Å²) >= 11 is 6.03. The van der Waals surface area contributed by atoms with Gasteiger partial charge in [0.25, 0.3) is 0 Å². The van der Waals surface area contributed by atoms with Gasteiger partial charge in [0.05, 0.1) is 0 Å². The molecule has 2 rings (SSSR count). The summed E-state index contributed by atoms with van der Waals surface area (Å²) < 4.78 is 5.61. The van der Waals surface area contributed by atoms with Gasteiger partial charge in [-0.15, -0.1) is 0 Å². The van der Waals surface area contributed by atoms with Crippen LogP contribution in [-0.2, 0) is 6.61 Å². The van der Waals surface area contributed by atoms with Crippen LogP contribution in [0.3, 0.4) is 0 Å². The lowest BCUT2D eigenvalue weighted by Crippen LogP contribution is -2.10. The molecule has 0 bridgehead atoms. The van der Waals surface area contributed by atoms with Crippen molar-refractivity contribution in [2.24, 2.45) is 5.73 Å². The highest BCUT2D eigenvalue weighted by molar-refractivity contribution is 6.31. The van der Waals surface area contributed by atoms with Crippen LogP contribution in [-0.4, -0.2) is 5.84 Å². The van der Waals surface area contributed by atoms with Gasteiger partial charge < -0.3 is 10.5 Å². The summed E-state index contributed by atoms with van der Waals surface area (Å²) in [5.41, 5.74) is 6.99. The molecule has 3 nitrogen and oxygen atoms in total. The van der Waals surface area contributed by atoms with Gasteiger partial charge in [0.2, 0.25) is 0 Å². The van der Waals surface area contributed by atoms with Crippen LogP contribution in [0.25, 0.3) is 0 Å². The Labute approximate surface area is 111 Å². The highest BCUT2D eigenvalue weighted by atomic mass is 35.5. The third-order valence-electron chi connectivity index (χ3n) is 2.52. The van der Waals surface area contributed by atoms with Crippen molar-refractivity contribution < 1.29 is 4.74 Å². The van der Waals surface area contributed by atoms with E-state index in [4.69, 9.17) is 27.5 Å². The predicted octanol–water partition coefficient (Wildman–Crippen LogP) is 3.20. The van der Waals surface area contributed by atoms with Crippen molar-refractivity contribution in [3.05, 3.63) is 64.7 Å². The smallest absolute Gasteiger partial charge is 0.122 e. The van der Waals surface area contributed by atoms with Gasteiger partial charge in [-0.05, 0) is 30.3 Å². The molecule has 0 aliphatic heterocycles. The Hall–Kier alpha value is -2.00. The first-order valence-corrected chi connectivity index (χ1v) is 5.85. The van der Waals surface area contributed by atoms with Gasteiger partial charge in [-0.1, -0.05) is 29.8 Å². The molecule has 0 aliphatic rings. The molecule has 2 aromatic rings. The summed E-state index contributed by atoms with van der Waals surface area (Å²) in [6.45, 7) is 0.416. The second kappa shape index (κ2) is 5.56. The van der Waals surface area contributed by atoms with Gasteiger partial charge in [0.1, 0.15) is 18.2 Å². The van der Waals surface area contributed by atoms with Crippen molar-refractivity contribution in [3.8, 4) is 5.75 Å². The third-order valence-corrected chi connectivity index (χ3v) is 2.89. The average Bonchev–Trinajstić information content (AvgIpc) is 2.38. The number of nitrogens with two attached hydrogens (primary N) is 1. The Balaban J connectivity index is 2.02. The summed E-state index contributed by atoms with van der Waals surface area (Å²) in [5, 5.41) is 7.98. The quantitative estimate of drug-likeness (QED) is 0.655. The molecule has 0 amide bonds. The first kappa shape index (κ1) is 12.5. The fourth-order valence-electron chi connectivity index (χ4n) is 1.51. The molecule has 0 unspecified atom stereocenters. The maximum atomic E-state index is 7.29. The van der Waals surface area contributed by atoms with Crippen LogP contribution in [0.5, 0.6) is 5.75 Å². The number of ether oxygens (including phenoxy) is 1. The largest absolute Gasteiger partial charge is 0.489 e. The second-order valence-electron chi connectivity index (χ2n) is 3.82. The predicted molar refractivity (Wildman–Crippen MR) is 73.2 cm³/mol. The third kappa shape index (κ3) is 3.02. The van der Waals surface area contributed by atoms with Crippen molar-refractivity contribution in [1.29, 1.82) is 5.41 Å². The van der Waals surface area contributed by atoms with E-state index in [9.17, 15) is 0 Å². The number of nitrogens with one attached hydrogen (secondary N) is 1. The molecule has 4 heteroatoms. The number of nitrogen functional groups attached to an aromatic ring is 1. The monoisotopic (exact) mass is 260 g/mol. The van der Waals surface area contributed by atoms with Gasteiger partial charge >= 0.3 is 0 Å². The summed E-state index contributed by atoms with van der Waals surface area (Å²) in [6, 6.07) is 14.6. The molecule has 0 atom stereocenters. The molecule has 0 heterocycles. The first-order chi connectivity index (χ1) is 8.66. The Morgan fingerprint density at radius 2 is 1.78 bits per heavy atom. The zero-order valence-corrected chi connectivity index (χ0v) is 10.4. The van der Waals surface area contributed by atoms with Crippen LogP contribution in [0.15, 0.2) is 48.5 Å². The maximum Gasteiger partial charge on any atom is 0.122 e. The van der Waals surface area contributed by atoms with Crippen LogP contribution in [0, 0.1) is 5.41 Å². The van der Waals surface area contributed by atoms with Gasteiger partial charge in [0.15, 0.2) is 0 Å². The van der Waals surface area contributed by atoms with Crippen molar-refractivity contribution in [1.82, 2.24) is 0 Å². The molecule has 0 saturated heterocycles. The summed E-state index contributed by atoms with van der Waals surface area (Å²) in [4.78, 5) is 0. The summed E-state index contributed by atoms with van der Waals surface area (Å²) in [6.07, 6.45) is 0. The highest BCUT2D eigenvalue weighted by Gasteiger charge is 2.01. The van der Waals surface area contributed by atoms with Gasteiger partial charge in [-0.25, -0.2) is 0 Å². The van der Waals surface area contributed by atoms with E-state index in [1.807, 2.05) is 24.3 Å². The standard InChI is InChI=1S/C14H13ClN2O/c15-13-4-2-1-3-11(13)9-18-12-7-5-10(6-8-12)14(16)17/h1-8H,9H2,(H3,16,17). The maximum absolute atomic E-state index is 7.29. The topological polar surface area (TPSA) is 59.1 Å². The van der Waals surface area contributed by atoms with E-state index >= 15 is 0 Å². The molecule has 0 saturated carbocycles. The van der Waals surface area contributed by atoms with E-state index in [1.165, 1.54) is 0 Å². The minimum Gasteiger partial charge on any atom is -0.489 e. The fraction of sp³-hybridized carbons (Fsp3) is 0.0714. The molecule has 2 aromatic carbocycles. The van der Waals surface area contributed by atoms with Gasteiger partial charge in [0, 0.05) is 16.1 Å². The van der Waals surface area contributed by atoms with Crippen LogP contribution in [0.4, 0.5) is 0 Å². The molecule has 0 spiro atoms. The number of hydrogen-bond donors (Lipinski definition) is 2. The average molecular weight is 261 g/mol. The normalized spacial score (nSPS) is 10.1. The van der Waals surface area contributed by atoms with E-state index in [-0.39, 0.29) is 5.84 Å². The Morgan fingerprint density at radius 1 is 1.11 bits per heavy atom. The summed E-state index contributed by atoms with van der Waals surface area (Å²) in [7, 11) is 0. The lowest BCUT2D eigenvalue weighted by molar-refractivity contribution is 0.306. The molecule has 18 heavy (non-hydrogen) atoms. The number of hydrogen-bond acceptors (Lipinski definition) is 2. The summed E-state index contributed by atoms with van der Waals surface area (Å²) in [5.74, 6) is 0.771. The van der Waals surface area contributed by atoms with Crippen LogP contribution in [0.2, 0.25) is 5.02 Å². The number of amidine groups is 1. The number of halogens is 1. The molecule has 0 aliphatic carbocycles.